The summed E-state index contributed by atoms with van der Waals surface area (Å²) >= 11 is 0. The lowest BCUT2D eigenvalue weighted by atomic mass is 10.1. The van der Waals surface area contributed by atoms with Crippen LogP contribution in [0.5, 0.6) is 5.75 Å². The van der Waals surface area contributed by atoms with Crippen molar-refractivity contribution in [3.63, 3.8) is 0 Å². The van der Waals surface area contributed by atoms with Gasteiger partial charge in [-0.3, -0.25) is 4.79 Å². The van der Waals surface area contributed by atoms with Crippen molar-refractivity contribution in [2.75, 3.05) is 13.7 Å². The predicted octanol–water partition coefficient (Wildman–Crippen LogP) is 2.45. The van der Waals surface area contributed by atoms with Crippen molar-refractivity contribution in [2.24, 2.45) is 0 Å². The van der Waals surface area contributed by atoms with Gasteiger partial charge in [-0.1, -0.05) is 31.2 Å². The predicted molar refractivity (Wildman–Crippen MR) is 102 cm³/mol. The Hall–Kier alpha value is -2.38. The fourth-order valence-electron chi connectivity index (χ4n) is 2.25. The molecule has 2 aromatic rings. The largest absolute Gasteiger partial charge is 0.494 e. The Balaban J connectivity index is 1.88. The second-order valence-electron chi connectivity index (χ2n) is 5.84. The molecule has 0 fully saturated rings. The van der Waals surface area contributed by atoms with Gasteiger partial charge in [0.15, 0.2) is 0 Å². The molecule has 7 heteroatoms. The van der Waals surface area contributed by atoms with E-state index in [0.29, 0.717) is 24.3 Å². The van der Waals surface area contributed by atoms with Gasteiger partial charge in [-0.05, 0) is 48.9 Å². The minimum atomic E-state index is -3.29. The molecule has 2 N–H and O–H groups in total. The molecule has 26 heavy (non-hydrogen) atoms. The number of rotatable bonds is 9. The summed E-state index contributed by atoms with van der Waals surface area (Å²) in [6.45, 7) is 3.05. The van der Waals surface area contributed by atoms with Crippen LogP contribution in [0.2, 0.25) is 0 Å². The highest BCUT2D eigenvalue weighted by atomic mass is 32.2. The summed E-state index contributed by atoms with van der Waals surface area (Å²) in [6, 6.07) is 14.1. The Kier molecular flexibility index (Phi) is 7.17. The van der Waals surface area contributed by atoms with E-state index in [1.165, 1.54) is 7.05 Å². The van der Waals surface area contributed by atoms with E-state index in [2.05, 4.69) is 10.0 Å². The fraction of sp³-hybridized carbons (Fsp3) is 0.316. The fourth-order valence-corrected chi connectivity index (χ4v) is 3.03. The normalized spacial score (nSPS) is 11.2. The van der Waals surface area contributed by atoms with E-state index in [9.17, 15) is 13.2 Å². The number of benzene rings is 2. The third-order valence-electron chi connectivity index (χ3n) is 3.73. The van der Waals surface area contributed by atoms with Gasteiger partial charge in [-0.25, -0.2) is 13.1 Å². The number of hydrogen-bond donors (Lipinski definition) is 2. The Bertz CT molecular complexity index is 816. The minimum Gasteiger partial charge on any atom is -0.494 e. The number of ether oxygens (including phenoxy) is 1. The van der Waals surface area contributed by atoms with Crippen molar-refractivity contribution < 1.29 is 17.9 Å². The SMILES string of the molecule is CCCOc1ccc(C(=O)NCc2ccc(CS(=O)(=O)NC)cc2)cc1. The van der Waals surface area contributed by atoms with Crippen LogP contribution in [0.1, 0.15) is 34.8 Å². The Morgan fingerprint density at radius 2 is 1.62 bits per heavy atom. The van der Waals surface area contributed by atoms with Crippen LogP contribution in [0.3, 0.4) is 0 Å². The first-order valence-electron chi connectivity index (χ1n) is 8.43. The van der Waals surface area contributed by atoms with Crippen LogP contribution in [-0.4, -0.2) is 28.0 Å². The van der Waals surface area contributed by atoms with Gasteiger partial charge in [0.2, 0.25) is 10.0 Å². The maximum Gasteiger partial charge on any atom is 0.251 e. The first-order valence-corrected chi connectivity index (χ1v) is 10.1. The van der Waals surface area contributed by atoms with Crippen molar-refractivity contribution in [2.45, 2.75) is 25.6 Å². The average molecular weight is 376 g/mol. The van der Waals surface area contributed by atoms with Crippen LogP contribution in [0.25, 0.3) is 0 Å². The summed E-state index contributed by atoms with van der Waals surface area (Å²) in [5, 5.41) is 2.85. The van der Waals surface area contributed by atoms with Crippen LogP contribution >= 0.6 is 0 Å². The summed E-state index contributed by atoms with van der Waals surface area (Å²) in [6.07, 6.45) is 0.932. The van der Waals surface area contributed by atoms with Crippen LogP contribution in [0, 0.1) is 0 Å². The average Bonchev–Trinajstić information content (AvgIpc) is 2.65. The second-order valence-corrected chi connectivity index (χ2v) is 7.76. The summed E-state index contributed by atoms with van der Waals surface area (Å²) in [4.78, 5) is 12.2. The van der Waals surface area contributed by atoms with E-state index >= 15 is 0 Å². The molecule has 0 saturated carbocycles. The Morgan fingerprint density at radius 1 is 1.00 bits per heavy atom. The molecule has 6 nitrogen and oxygen atoms in total. The molecule has 0 heterocycles. The molecule has 2 aromatic carbocycles. The Morgan fingerprint density at radius 3 is 2.19 bits per heavy atom. The van der Waals surface area contributed by atoms with E-state index < -0.39 is 10.0 Å². The molecule has 0 aliphatic rings. The maximum atomic E-state index is 12.2. The van der Waals surface area contributed by atoms with Crippen molar-refractivity contribution in [1.29, 1.82) is 0 Å². The third kappa shape index (κ3) is 6.16. The van der Waals surface area contributed by atoms with E-state index in [0.717, 1.165) is 17.7 Å². The van der Waals surface area contributed by atoms with E-state index in [1.807, 2.05) is 19.1 Å². The minimum absolute atomic E-state index is 0.0669. The lowest BCUT2D eigenvalue weighted by Gasteiger charge is -2.08. The number of carbonyl (C=O) groups excluding carboxylic acids is 1. The third-order valence-corrected chi connectivity index (χ3v) is 5.07. The second kappa shape index (κ2) is 9.35. The molecule has 0 unspecified atom stereocenters. The molecule has 2 rings (SSSR count). The van der Waals surface area contributed by atoms with Crippen molar-refractivity contribution in [1.82, 2.24) is 10.0 Å². The van der Waals surface area contributed by atoms with Crippen LogP contribution in [0.4, 0.5) is 0 Å². The summed E-state index contributed by atoms with van der Waals surface area (Å²) in [5.41, 5.74) is 2.15. The number of hydrogen-bond acceptors (Lipinski definition) is 4. The quantitative estimate of drug-likeness (QED) is 0.704. The smallest absolute Gasteiger partial charge is 0.251 e. The lowest BCUT2D eigenvalue weighted by molar-refractivity contribution is 0.0951. The number of amides is 1. The highest BCUT2D eigenvalue weighted by Crippen LogP contribution is 2.13. The standard InChI is InChI=1S/C19H24N2O4S/c1-3-12-25-18-10-8-17(9-11-18)19(22)21-13-15-4-6-16(7-5-15)14-26(23,24)20-2/h4-11,20H,3,12-14H2,1-2H3,(H,21,22). The van der Waals surface area contributed by atoms with Crippen LogP contribution in [0.15, 0.2) is 48.5 Å². The summed E-state index contributed by atoms with van der Waals surface area (Å²) < 4.78 is 30.8. The monoisotopic (exact) mass is 376 g/mol. The molecule has 0 saturated heterocycles. The molecular formula is C19H24N2O4S. The van der Waals surface area contributed by atoms with Gasteiger partial charge in [0.1, 0.15) is 5.75 Å². The number of sulfonamides is 1. The topological polar surface area (TPSA) is 84.5 Å². The maximum absolute atomic E-state index is 12.2. The number of carbonyl (C=O) groups is 1. The summed E-state index contributed by atoms with van der Waals surface area (Å²) in [5.74, 6) is 0.507. The van der Waals surface area contributed by atoms with Crippen molar-refractivity contribution >= 4 is 15.9 Å². The van der Waals surface area contributed by atoms with Crippen molar-refractivity contribution in [3.05, 3.63) is 65.2 Å². The zero-order chi connectivity index (χ0) is 19.0. The van der Waals surface area contributed by atoms with E-state index in [-0.39, 0.29) is 11.7 Å². The molecular weight excluding hydrogens is 352 g/mol. The Labute approximate surface area is 154 Å². The zero-order valence-corrected chi connectivity index (χ0v) is 15.8. The first kappa shape index (κ1) is 19.9. The number of nitrogens with one attached hydrogen (secondary N) is 2. The zero-order valence-electron chi connectivity index (χ0n) is 15.0. The molecule has 0 radical (unpaired) electrons. The highest BCUT2D eigenvalue weighted by molar-refractivity contribution is 7.88. The molecule has 140 valence electrons. The van der Waals surface area contributed by atoms with Gasteiger partial charge in [0.05, 0.1) is 12.4 Å². The van der Waals surface area contributed by atoms with Crippen LogP contribution < -0.4 is 14.8 Å². The van der Waals surface area contributed by atoms with Crippen molar-refractivity contribution in [3.8, 4) is 5.75 Å². The lowest BCUT2D eigenvalue weighted by Crippen LogP contribution is -2.23. The van der Waals surface area contributed by atoms with Gasteiger partial charge in [0, 0.05) is 12.1 Å². The van der Waals surface area contributed by atoms with E-state index in [4.69, 9.17) is 4.74 Å². The summed E-state index contributed by atoms with van der Waals surface area (Å²) in [7, 11) is -1.90. The highest BCUT2D eigenvalue weighted by Gasteiger charge is 2.09. The van der Waals surface area contributed by atoms with Gasteiger partial charge in [-0.2, -0.15) is 0 Å². The van der Waals surface area contributed by atoms with Gasteiger partial charge in [-0.15, -0.1) is 0 Å². The van der Waals surface area contributed by atoms with Crippen LogP contribution in [-0.2, 0) is 22.3 Å². The van der Waals surface area contributed by atoms with Gasteiger partial charge < -0.3 is 10.1 Å². The molecule has 0 aromatic heterocycles. The van der Waals surface area contributed by atoms with E-state index in [1.54, 1.807) is 36.4 Å². The van der Waals surface area contributed by atoms with Gasteiger partial charge in [0.25, 0.3) is 5.91 Å². The molecule has 0 atom stereocenters. The first-order chi connectivity index (χ1) is 12.4. The molecule has 0 aliphatic heterocycles. The van der Waals surface area contributed by atoms with Gasteiger partial charge >= 0.3 is 0 Å². The molecule has 0 aliphatic carbocycles. The molecule has 1 amide bonds. The molecule has 0 spiro atoms. The molecule has 0 bridgehead atoms.